The SMILES string of the molecule is OC(CC1CCOCC1)c1cccc(Br)c1Cl. The molecule has 1 unspecified atom stereocenters. The van der Waals surface area contributed by atoms with Crippen LogP contribution < -0.4 is 0 Å². The smallest absolute Gasteiger partial charge is 0.0807 e. The summed E-state index contributed by atoms with van der Waals surface area (Å²) in [5.74, 6) is 0.536. The fraction of sp³-hybridized carbons (Fsp3) is 0.538. The van der Waals surface area contributed by atoms with Crippen LogP contribution in [0.15, 0.2) is 22.7 Å². The minimum atomic E-state index is -0.483. The van der Waals surface area contributed by atoms with E-state index in [1.165, 1.54) is 0 Å². The lowest BCUT2D eigenvalue weighted by molar-refractivity contribution is 0.0435. The predicted octanol–water partition coefficient (Wildman–Crippen LogP) is 3.95. The highest BCUT2D eigenvalue weighted by molar-refractivity contribution is 9.10. The molecule has 0 amide bonds. The average Bonchev–Trinajstić information content (AvgIpc) is 2.34. The van der Waals surface area contributed by atoms with Crippen LogP contribution >= 0.6 is 27.5 Å². The highest BCUT2D eigenvalue weighted by atomic mass is 79.9. The van der Waals surface area contributed by atoms with E-state index in [1.807, 2.05) is 18.2 Å². The topological polar surface area (TPSA) is 29.5 Å². The summed E-state index contributed by atoms with van der Waals surface area (Å²) in [4.78, 5) is 0. The second kappa shape index (κ2) is 6.19. The first kappa shape index (κ1) is 13.3. The Kier molecular flexibility index (Phi) is 4.86. The van der Waals surface area contributed by atoms with E-state index in [-0.39, 0.29) is 0 Å². The Bertz CT molecular complexity index is 378. The van der Waals surface area contributed by atoms with E-state index < -0.39 is 6.10 Å². The van der Waals surface area contributed by atoms with Crippen LogP contribution in [0.25, 0.3) is 0 Å². The number of ether oxygens (including phenoxy) is 1. The van der Waals surface area contributed by atoms with Gasteiger partial charge >= 0.3 is 0 Å². The molecule has 1 aromatic carbocycles. The zero-order chi connectivity index (χ0) is 12.3. The Morgan fingerprint density at radius 2 is 2.12 bits per heavy atom. The second-order valence-electron chi connectivity index (χ2n) is 4.45. The van der Waals surface area contributed by atoms with Crippen molar-refractivity contribution in [3.8, 4) is 0 Å². The van der Waals surface area contributed by atoms with Gasteiger partial charge in [0.1, 0.15) is 0 Å². The van der Waals surface area contributed by atoms with Gasteiger partial charge in [0.25, 0.3) is 0 Å². The lowest BCUT2D eigenvalue weighted by atomic mass is 9.91. The van der Waals surface area contributed by atoms with Gasteiger partial charge in [-0.25, -0.2) is 0 Å². The highest BCUT2D eigenvalue weighted by Gasteiger charge is 2.20. The molecule has 1 heterocycles. The molecule has 0 bridgehead atoms. The minimum absolute atomic E-state index is 0.483. The maximum absolute atomic E-state index is 10.2. The van der Waals surface area contributed by atoms with Gasteiger partial charge in [-0.3, -0.25) is 0 Å². The molecule has 0 aliphatic carbocycles. The van der Waals surface area contributed by atoms with Gasteiger partial charge in [0.15, 0.2) is 0 Å². The summed E-state index contributed by atoms with van der Waals surface area (Å²) >= 11 is 9.55. The molecule has 1 aliphatic rings. The molecular formula is C13H16BrClO2. The number of aliphatic hydroxyl groups is 1. The third kappa shape index (κ3) is 3.44. The summed E-state index contributed by atoms with van der Waals surface area (Å²) in [5.41, 5.74) is 0.813. The molecule has 1 fully saturated rings. The van der Waals surface area contributed by atoms with E-state index in [0.29, 0.717) is 10.9 Å². The van der Waals surface area contributed by atoms with Crippen molar-refractivity contribution in [1.82, 2.24) is 0 Å². The van der Waals surface area contributed by atoms with Crippen LogP contribution in [0.2, 0.25) is 5.02 Å². The Morgan fingerprint density at radius 3 is 2.82 bits per heavy atom. The molecule has 0 spiro atoms. The average molecular weight is 320 g/mol. The summed E-state index contributed by atoms with van der Waals surface area (Å²) in [6.45, 7) is 1.62. The van der Waals surface area contributed by atoms with Gasteiger partial charge in [0.2, 0.25) is 0 Å². The summed E-state index contributed by atoms with van der Waals surface area (Å²) in [6.07, 6.45) is 2.34. The third-order valence-corrected chi connectivity index (χ3v) is 4.55. The number of benzene rings is 1. The molecule has 1 atom stereocenters. The number of hydrogen-bond acceptors (Lipinski definition) is 2. The maximum Gasteiger partial charge on any atom is 0.0807 e. The van der Waals surface area contributed by atoms with Crippen molar-refractivity contribution in [1.29, 1.82) is 0 Å². The molecule has 1 N–H and O–H groups in total. The van der Waals surface area contributed by atoms with Crippen molar-refractivity contribution in [2.45, 2.75) is 25.4 Å². The van der Waals surface area contributed by atoms with Crippen molar-refractivity contribution in [3.05, 3.63) is 33.3 Å². The fourth-order valence-corrected chi connectivity index (χ4v) is 2.84. The Morgan fingerprint density at radius 1 is 1.41 bits per heavy atom. The standard InChI is InChI=1S/C13H16BrClO2/c14-11-3-1-2-10(13(11)15)12(16)8-9-4-6-17-7-5-9/h1-3,9,12,16H,4-8H2. The Hall–Kier alpha value is -0.0900. The van der Waals surface area contributed by atoms with Crippen LogP contribution in [0, 0.1) is 5.92 Å². The molecule has 1 aliphatic heterocycles. The zero-order valence-corrected chi connectivity index (χ0v) is 11.9. The van der Waals surface area contributed by atoms with E-state index in [2.05, 4.69) is 15.9 Å². The molecule has 0 radical (unpaired) electrons. The van der Waals surface area contributed by atoms with Crippen LogP contribution in [0.1, 0.15) is 30.9 Å². The molecule has 0 saturated carbocycles. The largest absolute Gasteiger partial charge is 0.388 e. The highest BCUT2D eigenvalue weighted by Crippen LogP contribution is 2.34. The van der Waals surface area contributed by atoms with Crippen molar-refractivity contribution < 1.29 is 9.84 Å². The van der Waals surface area contributed by atoms with Crippen molar-refractivity contribution >= 4 is 27.5 Å². The molecular weight excluding hydrogens is 303 g/mol. The van der Waals surface area contributed by atoms with Gasteiger partial charge < -0.3 is 9.84 Å². The monoisotopic (exact) mass is 318 g/mol. The van der Waals surface area contributed by atoms with Crippen LogP contribution in [-0.2, 0) is 4.74 Å². The lowest BCUT2D eigenvalue weighted by Crippen LogP contribution is -2.18. The van der Waals surface area contributed by atoms with Crippen LogP contribution in [0.3, 0.4) is 0 Å². The molecule has 4 heteroatoms. The zero-order valence-electron chi connectivity index (χ0n) is 9.53. The van der Waals surface area contributed by atoms with E-state index in [1.54, 1.807) is 0 Å². The van der Waals surface area contributed by atoms with Crippen molar-refractivity contribution in [2.75, 3.05) is 13.2 Å². The predicted molar refractivity (Wildman–Crippen MR) is 72.3 cm³/mol. The van der Waals surface area contributed by atoms with E-state index in [9.17, 15) is 5.11 Å². The quantitative estimate of drug-likeness (QED) is 0.914. The molecule has 2 rings (SSSR count). The number of aliphatic hydroxyl groups excluding tert-OH is 1. The summed E-state index contributed by atoms with van der Waals surface area (Å²) in [5, 5.41) is 10.8. The number of halogens is 2. The van der Waals surface area contributed by atoms with Crippen LogP contribution in [0.4, 0.5) is 0 Å². The molecule has 0 aromatic heterocycles. The van der Waals surface area contributed by atoms with Gasteiger partial charge in [-0.1, -0.05) is 23.7 Å². The van der Waals surface area contributed by atoms with Gasteiger partial charge in [-0.05, 0) is 47.2 Å². The number of hydrogen-bond donors (Lipinski definition) is 1. The third-order valence-electron chi connectivity index (χ3n) is 3.24. The van der Waals surface area contributed by atoms with Crippen LogP contribution in [-0.4, -0.2) is 18.3 Å². The van der Waals surface area contributed by atoms with Crippen molar-refractivity contribution in [2.24, 2.45) is 5.92 Å². The lowest BCUT2D eigenvalue weighted by Gasteiger charge is -2.24. The van der Waals surface area contributed by atoms with Crippen LogP contribution in [0.5, 0.6) is 0 Å². The van der Waals surface area contributed by atoms with E-state index >= 15 is 0 Å². The first-order chi connectivity index (χ1) is 8.18. The Labute approximate surface area is 115 Å². The molecule has 2 nitrogen and oxygen atoms in total. The van der Waals surface area contributed by atoms with Gasteiger partial charge in [-0.15, -0.1) is 0 Å². The fourth-order valence-electron chi connectivity index (χ4n) is 2.20. The first-order valence-corrected chi connectivity index (χ1v) is 7.05. The van der Waals surface area contributed by atoms with Gasteiger partial charge in [0.05, 0.1) is 11.1 Å². The normalized spacial score (nSPS) is 19.2. The van der Waals surface area contributed by atoms with E-state index in [4.69, 9.17) is 16.3 Å². The van der Waals surface area contributed by atoms with Crippen molar-refractivity contribution in [3.63, 3.8) is 0 Å². The second-order valence-corrected chi connectivity index (χ2v) is 5.68. The van der Waals surface area contributed by atoms with Gasteiger partial charge in [-0.2, -0.15) is 0 Å². The molecule has 1 aromatic rings. The molecule has 94 valence electrons. The van der Waals surface area contributed by atoms with E-state index in [0.717, 1.165) is 42.5 Å². The first-order valence-electron chi connectivity index (χ1n) is 5.88. The summed E-state index contributed by atoms with van der Waals surface area (Å²) in [7, 11) is 0. The van der Waals surface area contributed by atoms with Gasteiger partial charge in [0, 0.05) is 23.2 Å². The molecule has 1 saturated heterocycles. The Balaban J connectivity index is 2.03. The maximum atomic E-state index is 10.2. The minimum Gasteiger partial charge on any atom is -0.388 e. The number of rotatable bonds is 3. The molecule has 17 heavy (non-hydrogen) atoms. The summed E-state index contributed by atoms with van der Waals surface area (Å²) < 4.78 is 6.15. The summed E-state index contributed by atoms with van der Waals surface area (Å²) in [6, 6.07) is 5.67.